The van der Waals surface area contributed by atoms with E-state index in [1.54, 1.807) is 18.4 Å². The Morgan fingerprint density at radius 3 is 2.94 bits per heavy atom. The van der Waals surface area contributed by atoms with Gasteiger partial charge in [-0.1, -0.05) is 18.5 Å². The number of hydrogen-bond acceptors (Lipinski definition) is 4. The molecule has 2 heterocycles. The van der Waals surface area contributed by atoms with E-state index in [1.165, 1.54) is 16.9 Å². The van der Waals surface area contributed by atoms with Gasteiger partial charge < -0.3 is 4.74 Å². The number of nitrogens with zero attached hydrogens (tertiary/aromatic N) is 2. The van der Waals surface area contributed by atoms with Crippen molar-refractivity contribution in [3.8, 4) is 0 Å². The maximum absolute atomic E-state index is 6.35. The highest BCUT2D eigenvalue weighted by atomic mass is 35.5. The minimum absolute atomic E-state index is 0.0659. The molecule has 0 saturated carbocycles. The first-order valence-electron chi connectivity index (χ1n) is 6.25. The molecule has 0 fully saturated rings. The number of hydrogen-bond donors (Lipinski definition) is 0. The summed E-state index contributed by atoms with van der Waals surface area (Å²) in [7, 11) is 1.68. The van der Waals surface area contributed by atoms with Crippen molar-refractivity contribution in [2.45, 2.75) is 38.7 Å². The molecular weight excluding hydrogens is 268 g/mol. The van der Waals surface area contributed by atoms with E-state index in [1.807, 2.05) is 0 Å². The first-order valence-corrected chi connectivity index (χ1v) is 7.44. The predicted molar refractivity (Wildman–Crippen MR) is 74.5 cm³/mol. The van der Waals surface area contributed by atoms with Crippen molar-refractivity contribution in [3.05, 3.63) is 21.4 Å². The molecule has 0 N–H and O–H groups in total. The second-order valence-corrected chi connectivity index (χ2v) is 5.98. The molecule has 0 aromatic carbocycles. The van der Waals surface area contributed by atoms with Crippen LogP contribution in [0.4, 0.5) is 0 Å². The molecule has 0 saturated heterocycles. The topological polar surface area (TPSA) is 35.0 Å². The van der Waals surface area contributed by atoms with Gasteiger partial charge in [0.2, 0.25) is 0 Å². The van der Waals surface area contributed by atoms with Crippen molar-refractivity contribution < 1.29 is 4.74 Å². The number of ether oxygens (including phenoxy) is 1. The maximum Gasteiger partial charge on any atom is 0.160 e. The van der Waals surface area contributed by atoms with E-state index >= 15 is 0 Å². The van der Waals surface area contributed by atoms with Crippen LogP contribution in [0.1, 0.15) is 42.1 Å². The average Bonchev–Trinajstić information content (AvgIpc) is 2.89. The van der Waals surface area contributed by atoms with Gasteiger partial charge >= 0.3 is 0 Å². The molecule has 0 bridgehead atoms. The van der Waals surface area contributed by atoms with Crippen molar-refractivity contribution in [2.75, 3.05) is 7.11 Å². The zero-order chi connectivity index (χ0) is 12.7. The predicted octanol–water partition coefficient (Wildman–Crippen LogP) is 3.93. The smallest absolute Gasteiger partial charge is 0.160 e. The summed E-state index contributed by atoms with van der Waals surface area (Å²) in [6.07, 6.45) is 4.28. The number of aryl methyl sites for hydroxylation is 2. The molecule has 96 valence electrons. The Labute approximate surface area is 115 Å². The first-order chi connectivity index (χ1) is 8.74. The van der Waals surface area contributed by atoms with Gasteiger partial charge in [-0.15, -0.1) is 11.3 Å². The maximum atomic E-state index is 6.35. The Hall–Kier alpha value is -0.710. The molecule has 0 spiro atoms. The summed E-state index contributed by atoms with van der Waals surface area (Å²) in [5, 5.41) is 1.66. The van der Waals surface area contributed by atoms with E-state index in [0.29, 0.717) is 11.0 Å². The van der Waals surface area contributed by atoms with Crippen molar-refractivity contribution in [2.24, 2.45) is 0 Å². The number of thiophene rings is 1. The number of aromatic nitrogens is 2. The van der Waals surface area contributed by atoms with E-state index in [0.717, 1.165) is 29.5 Å². The third-order valence-corrected chi connectivity index (χ3v) is 4.94. The van der Waals surface area contributed by atoms with E-state index in [2.05, 4.69) is 16.9 Å². The zero-order valence-electron chi connectivity index (χ0n) is 10.5. The van der Waals surface area contributed by atoms with Gasteiger partial charge in [0.15, 0.2) is 5.82 Å². The lowest BCUT2D eigenvalue weighted by atomic mass is 10.2. The molecule has 1 aliphatic rings. The molecule has 2 aromatic heterocycles. The molecule has 18 heavy (non-hydrogen) atoms. The highest BCUT2D eigenvalue weighted by molar-refractivity contribution is 7.19. The van der Waals surface area contributed by atoms with Crippen molar-refractivity contribution in [1.29, 1.82) is 0 Å². The van der Waals surface area contributed by atoms with Crippen LogP contribution in [0, 0.1) is 0 Å². The monoisotopic (exact) mass is 282 g/mol. The number of halogens is 1. The lowest BCUT2D eigenvalue weighted by molar-refractivity contribution is 0.0929. The highest BCUT2D eigenvalue weighted by Gasteiger charge is 2.23. The van der Waals surface area contributed by atoms with Gasteiger partial charge in [-0.25, -0.2) is 9.97 Å². The number of rotatable bonds is 3. The van der Waals surface area contributed by atoms with E-state index in [-0.39, 0.29) is 6.10 Å². The van der Waals surface area contributed by atoms with Crippen LogP contribution in [0.5, 0.6) is 0 Å². The molecule has 5 heteroatoms. The average molecular weight is 283 g/mol. The minimum Gasteiger partial charge on any atom is -0.373 e. The van der Waals surface area contributed by atoms with Gasteiger partial charge in [0, 0.05) is 12.0 Å². The van der Waals surface area contributed by atoms with Gasteiger partial charge in [0.25, 0.3) is 0 Å². The quantitative estimate of drug-likeness (QED) is 0.800. The largest absolute Gasteiger partial charge is 0.373 e. The van der Waals surface area contributed by atoms with Gasteiger partial charge in [0.05, 0.1) is 5.39 Å². The van der Waals surface area contributed by atoms with Crippen LogP contribution in [-0.4, -0.2) is 17.1 Å². The summed E-state index contributed by atoms with van der Waals surface area (Å²) in [6.45, 7) is 2.06. The molecule has 1 atom stereocenters. The van der Waals surface area contributed by atoms with Gasteiger partial charge in [-0.05, 0) is 31.2 Å². The van der Waals surface area contributed by atoms with Crippen molar-refractivity contribution in [3.63, 3.8) is 0 Å². The molecule has 1 unspecified atom stereocenters. The van der Waals surface area contributed by atoms with Crippen LogP contribution in [0.3, 0.4) is 0 Å². The van der Waals surface area contributed by atoms with Crippen LogP contribution in [0.15, 0.2) is 0 Å². The first kappa shape index (κ1) is 12.3. The lowest BCUT2D eigenvalue weighted by Crippen LogP contribution is -2.05. The third-order valence-electron chi connectivity index (χ3n) is 3.48. The summed E-state index contributed by atoms with van der Waals surface area (Å²) >= 11 is 8.11. The molecule has 0 amide bonds. The van der Waals surface area contributed by atoms with E-state index in [9.17, 15) is 0 Å². The Bertz CT molecular complexity index is 592. The molecular formula is C13H15ClN2OS. The summed E-state index contributed by atoms with van der Waals surface area (Å²) < 4.78 is 5.39. The molecule has 2 aromatic rings. The van der Waals surface area contributed by atoms with E-state index in [4.69, 9.17) is 16.3 Å². The van der Waals surface area contributed by atoms with Crippen molar-refractivity contribution in [1.82, 2.24) is 9.97 Å². The molecule has 0 radical (unpaired) electrons. The molecule has 3 nitrogen and oxygen atoms in total. The summed E-state index contributed by atoms with van der Waals surface area (Å²) in [4.78, 5) is 11.5. The molecule has 0 aliphatic heterocycles. The third kappa shape index (κ3) is 1.83. The van der Waals surface area contributed by atoms with E-state index < -0.39 is 0 Å². The van der Waals surface area contributed by atoms with Gasteiger partial charge in [-0.2, -0.15) is 0 Å². The fourth-order valence-electron chi connectivity index (χ4n) is 2.57. The van der Waals surface area contributed by atoms with Gasteiger partial charge in [-0.3, -0.25) is 0 Å². The second-order valence-electron chi connectivity index (χ2n) is 4.54. The summed E-state index contributed by atoms with van der Waals surface area (Å²) in [5.74, 6) is 0.706. The number of fused-ring (bicyclic) bond motifs is 3. The SMILES string of the molecule is CCC(OC)c1nc(Cl)c2c3c(sc2n1)CCC3. The van der Waals surface area contributed by atoms with Crippen LogP contribution in [0.25, 0.3) is 10.2 Å². The lowest BCUT2D eigenvalue weighted by Gasteiger charge is -2.11. The van der Waals surface area contributed by atoms with Gasteiger partial charge in [0.1, 0.15) is 16.1 Å². The standard InChI is InChI=1S/C13H15ClN2OS/c1-3-8(17-2)12-15-11(14)10-7-5-4-6-9(7)18-13(10)16-12/h8H,3-6H2,1-2H3. The Kier molecular flexibility index (Phi) is 3.26. The van der Waals surface area contributed by atoms with Crippen molar-refractivity contribution >= 4 is 33.2 Å². The molecule has 1 aliphatic carbocycles. The molecule has 3 rings (SSSR count). The minimum atomic E-state index is -0.0659. The fraction of sp³-hybridized carbons (Fsp3) is 0.538. The highest BCUT2D eigenvalue weighted by Crippen LogP contribution is 2.39. The van der Waals surface area contributed by atoms with Crippen LogP contribution < -0.4 is 0 Å². The normalized spacial score (nSPS) is 16.2. The summed E-state index contributed by atoms with van der Waals surface area (Å²) in [6, 6.07) is 0. The van der Waals surface area contributed by atoms with Crippen LogP contribution in [-0.2, 0) is 17.6 Å². The second kappa shape index (κ2) is 4.76. The summed E-state index contributed by atoms with van der Waals surface area (Å²) in [5.41, 5.74) is 1.37. The Morgan fingerprint density at radius 1 is 1.39 bits per heavy atom. The number of methoxy groups -OCH3 is 1. The van der Waals surface area contributed by atoms with Crippen LogP contribution >= 0.6 is 22.9 Å². The zero-order valence-corrected chi connectivity index (χ0v) is 12.1. The Morgan fingerprint density at radius 2 is 2.22 bits per heavy atom. The fourth-order valence-corrected chi connectivity index (χ4v) is 4.18. The Balaban J connectivity index is 2.17. The van der Waals surface area contributed by atoms with Crippen LogP contribution in [0.2, 0.25) is 5.15 Å².